The van der Waals surface area contributed by atoms with E-state index in [-0.39, 0.29) is 11.6 Å². The summed E-state index contributed by atoms with van der Waals surface area (Å²) in [6, 6.07) is 9.32. The molecule has 0 saturated carbocycles. The number of nitrogens with one attached hydrogen (secondary N) is 1. The van der Waals surface area contributed by atoms with Crippen LogP contribution in [0.3, 0.4) is 0 Å². The van der Waals surface area contributed by atoms with Gasteiger partial charge in [0.25, 0.3) is 17.6 Å². The molecule has 1 aromatic carbocycles. The van der Waals surface area contributed by atoms with Gasteiger partial charge in [-0.05, 0) is 29.5 Å². The number of Topliss-reactive ketones (excluding diaryl/α,β-unsaturated/α-hetero) is 1. The van der Waals surface area contributed by atoms with Crippen LogP contribution in [-0.4, -0.2) is 94.5 Å². The van der Waals surface area contributed by atoms with Crippen LogP contribution in [0, 0.1) is 0 Å². The molecule has 1 amide bonds. The van der Waals surface area contributed by atoms with Gasteiger partial charge in [-0.25, -0.2) is 9.67 Å². The van der Waals surface area contributed by atoms with E-state index in [2.05, 4.69) is 35.8 Å². The molecule has 0 bridgehead atoms. The number of hydrogen-bond acceptors (Lipinski definition) is 10. The third kappa shape index (κ3) is 3.82. The highest BCUT2D eigenvalue weighted by Gasteiger charge is 2.35. The van der Waals surface area contributed by atoms with Gasteiger partial charge in [0, 0.05) is 31.9 Å². The Balaban J connectivity index is 1.25. The molecular formula is C24H23N11O3. The van der Waals surface area contributed by atoms with Crippen LogP contribution in [0.15, 0.2) is 55.1 Å². The number of nitrogens with zero attached hydrogens (tertiary/aromatic N) is 10. The molecule has 1 aliphatic heterocycles. The number of carbonyl (C=O) groups excluding carboxylic acids is 2. The van der Waals surface area contributed by atoms with Crippen LogP contribution in [0.1, 0.15) is 17.3 Å². The first-order valence-electron chi connectivity index (χ1n) is 11.9. The minimum Gasteiger partial charge on any atom is -0.494 e. The molecule has 14 heteroatoms. The lowest BCUT2D eigenvalue weighted by Gasteiger charge is -2.39. The number of aromatic amines is 1. The fourth-order valence-corrected chi connectivity index (χ4v) is 4.74. The van der Waals surface area contributed by atoms with Crippen molar-refractivity contribution in [3.05, 3.63) is 60.7 Å². The Morgan fingerprint density at radius 2 is 1.97 bits per heavy atom. The number of carbonyl (C=O) groups is 2. The van der Waals surface area contributed by atoms with E-state index < -0.39 is 11.7 Å². The zero-order valence-corrected chi connectivity index (χ0v) is 20.6. The quantitative estimate of drug-likeness (QED) is 0.257. The number of rotatable bonds is 6. The van der Waals surface area contributed by atoms with Crippen molar-refractivity contribution >= 4 is 28.5 Å². The molecule has 4 aromatic heterocycles. The van der Waals surface area contributed by atoms with Gasteiger partial charge < -0.3 is 19.5 Å². The summed E-state index contributed by atoms with van der Waals surface area (Å²) in [5.41, 5.74) is 1.55. The topological polar surface area (TPSA) is 153 Å². The minimum atomic E-state index is -0.639. The molecule has 1 saturated heterocycles. The lowest BCUT2D eigenvalue weighted by Crippen LogP contribution is -2.56. The van der Waals surface area contributed by atoms with Crippen LogP contribution < -0.4 is 9.64 Å². The number of H-pyrrole nitrogens is 1. The maximum Gasteiger partial charge on any atom is 0.295 e. The average molecular weight is 514 g/mol. The summed E-state index contributed by atoms with van der Waals surface area (Å²) < 4.78 is 8.60. The first kappa shape index (κ1) is 23.3. The van der Waals surface area contributed by atoms with Gasteiger partial charge in [0.2, 0.25) is 0 Å². The van der Waals surface area contributed by atoms with Crippen molar-refractivity contribution < 1.29 is 14.3 Å². The van der Waals surface area contributed by atoms with Gasteiger partial charge in [-0.1, -0.05) is 28.5 Å². The molecule has 38 heavy (non-hydrogen) atoms. The number of tetrazole rings is 1. The van der Waals surface area contributed by atoms with Crippen molar-refractivity contribution in [2.24, 2.45) is 0 Å². The van der Waals surface area contributed by atoms with Gasteiger partial charge in [0.1, 0.15) is 5.75 Å². The molecule has 1 fully saturated rings. The Hall–Kier alpha value is -5.14. The third-order valence-corrected chi connectivity index (χ3v) is 6.58. The summed E-state index contributed by atoms with van der Waals surface area (Å²) in [7, 11) is 1.49. The Morgan fingerprint density at radius 3 is 2.71 bits per heavy atom. The SMILES string of the molecule is COc1cnc(-n2ccnn2)c2[nH]cc(C(=O)C(=O)N3CCN(c4nnnn4-c4ccccc4)C[C@H]3C)c12. The number of ether oxygens (including phenoxy) is 1. The van der Waals surface area contributed by atoms with Gasteiger partial charge in [-0.3, -0.25) is 9.59 Å². The summed E-state index contributed by atoms with van der Waals surface area (Å²) in [5.74, 6) is 0.146. The molecule has 1 atom stereocenters. The monoisotopic (exact) mass is 513 g/mol. The number of para-hydroxylation sites is 1. The maximum absolute atomic E-state index is 13.5. The molecule has 192 valence electrons. The van der Waals surface area contributed by atoms with Crippen LogP contribution in [-0.2, 0) is 4.79 Å². The fourth-order valence-electron chi connectivity index (χ4n) is 4.74. The first-order valence-corrected chi connectivity index (χ1v) is 11.9. The van der Waals surface area contributed by atoms with Gasteiger partial charge in [-0.2, -0.15) is 4.68 Å². The normalized spacial score (nSPS) is 15.7. The third-order valence-electron chi connectivity index (χ3n) is 6.58. The van der Waals surface area contributed by atoms with E-state index in [1.165, 1.54) is 30.4 Å². The van der Waals surface area contributed by atoms with Crippen molar-refractivity contribution in [2.45, 2.75) is 13.0 Å². The highest BCUT2D eigenvalue weighted by molar-refractivity contribution is 6.45. The number of benzene rings is 1. The van der Waals surface area contributed by atoms with E-state index >= 15 is 0 Å². The molecule has 5 heterocycles. The molecule has 1 aliphatic rings. The highest BCUT2D eigenvalue weighted by atomic mass is 16.5. The van der Waals surface area contributed by atoms with Crippen molar-refractivity contribution in [2.75, 3.05) is 31.6 Å². The van der Waals surface area contributed by atoms with E-state index in [9.17, 15) is 9.59 Å². The summed E-state index contributed by atoms with van der Waals surface area (Å²) in [6.45, 7) is 3.16. The van der Waals surface area contributed by atoms with Crippen molar-refractivity contribution in [3.63, 3.8) is 0 Å². The molecule has 5 aromatic rings. The number of piperazine rings is 1. The first-order chi connectivity index (χ1) is 18.6. The van der Waals surface area contributed by atoms with Crippen LogP contribution in [0.4, 0.5) is 5.95 Å². The number of ketones is 1. The standard InChI is InChI=1S/C24H23N11O3/c1-15-14-32(24-28-29-31-35(24)16-6-4-3-5-7-16)10-11-33(15)23(37)21(36)17-12-25-20-19(17)18(38-2)13-26-22(20)34-9-8-27-30-34/h3-9,12-13,15,25H,10-11,14H2,1-2H3/t15-/m1/s1. The van der Waals surface area contributed by atoms with Crippen molar-refractivity contribution in [3.8, 4) is 17.3 Å². The van der Waals surface area contributed by atoms with Crippen LogP contribution in [0.5, 0.6) is 5.75 Å². The predicted molar refractivity (Wildman–Crippen MR) is 134 cm³/mol. The van der Waals surface area contributed by atoms with Crippen LogP contribution in [0.25, 0.3) is 22.4 Å². The maximum atomic E-state index is 13.5. The zero-order chi connectivity index (χ0) is 26.2. The zero-order valence-electron chi connectivity index (χ0n) is 20.6. The van der Waals surface area contributed by atoms with Gasteiger partial charge in [0.15, 0.2) is 5.82 Å². The Morgan fingerprint density at radius 1 is 1.13 bits per heavy atom. The van der Waals surface area contributed by atoms with Gasteiger partial charge in [-0.15, -0.1) is 5.10 Å². The molecule has 1 N–H and O–H groups in total. The van der Waals surface area contributed by atoms with Crippen LogP contribution in [0.2, 0.25) is 0 Å². The number of fused-ring (bicyclic) bond motifs is 1. The number of methoxy groups -OCH3 is 1. The van der Waals surface area contributed by atoms with Gasteiger partial charge >= 0.3 is 0 Å². The van der Waals surface area contributed by atoms with Crippen LogP contribution >= 0.6 is 0 Å². The van der Waals surface area contributed by atoms with E-state index in [0.29, 0.717) is 48.1 Å². The summed E-state index contributed by atoms with van der Waals surface area (Å²) in [4.78, 5) is 38.0. The largest absolute Gasteiger partial charge is 0.494 e. The van der Waals surface area contributed by atoms with Gasteiger partial charge in [0.05, 0.1) is 47.9 Å². The molecule has 0 aliphatic carbocycles. The molecule has 0 spiro atoms. The average Bonchev–Trinajstić information content (AvgIpc) is 3.73. The summed E-state index contributed by atoms with van der Waals surface area (Å²) in [5, 5.41) is 20.4. The van der Waals surface area contributed by atoms with E-state index in [4.69, 9.17) is 4.74 Å². The van der Waals surface area contributed by atoms with Crippen molar-refractivity contribution in [1.29, 1.82) is 0 Å². The summed E-state index contributed by atoms with van der Waals surface area (Å²) >= 11 is 0. The number of aromatic nitrogens is 9. The molecular weight excluding hydrogens is 490 g/mol. The number of amides is 1. The number of pyridine rings is 1. The highest BCUT2D eigenvalue weighted by Crippen LogP contribution is 2.32. The number of anilines is 1. The van der Waals surface area contributed by atoms with E-state index in [1.807, 2.05) is 42.2 Å². The number of hydrogen-bond donors (Lipinski definition) is 1. The minimum absolute atomic E-state index is 0.202. The lowest BCUT2D eigenvalue weighted by molar-refractivity contribution is -0.128. The second-order valence-corrected chi connectivity index (χ2v) is 8.80. The lowest BCUT2D eigenvalue weighted by atomic mass is 10.1. The Labute approximate surface area is 215 Å². The molecule has 0 unspecified atom stereocenters. The molecule has 14 nitrogen and oxygen atoms in total. The van der Waals surface area contributed by atoms with Crippen molar-refractivity contribution in [1.82, 2.24) is 50.1 Å². The Bertz CT molecular complexity index is 1610. The molecule has 0 radical (unpaired) electrons. The molecule has 6 rings (SSSR count). The predicted octanol–water partition coefficient (Wildman–Crippen LogP) is 1.05. The second-order valence-electron chi connectivity index (χ2n) is 8.80. The van der Waals surface area contributed by atoms with E-state index in [1.54, 1.807) is 15.8 Å². The Kier molecular flexibility index (Phi) is 5.75. The smallest absolute Gasteiger partial charge is 0.295 e. The second kappa shape index (κ2) is 9.38. The fraction of sp³-hybridized carbons (Fsp3) is 0.250. The van der Waals surface area contributed by atoms with E-state index in [0.717, 1.165) is 5.69 Å². The summed E-state index contributed by atoms with van der Waals surface area (Å²) in [6.07, 6.45) is 6.16.